The van der Waals surface area contributed by atoms with Gasteiger partial charge in [0.1, 0.15) is 0 Å². The van der Waals surface area contributed by atoms with Crippen LogP contribution < -0.4 is 0 Å². The molecule has 76 valence electrons. The molecule has 1 fully saturated rings. The predicted molar refractivity (Wildman–Crippen MR) is 22.0 cm³/mol. The van der Waals surface area contributed by atoms with Gasteiger partial charge in [-0.15, -0.1) is 8.78 Å². The monoisotopic (exact) mass is 210 g/mol. The molecule has 13 heavy (non-hydrogen) atoms. The molecule has 0 aromatic heterocycles. The lowest BCUT2D eigenvalue weighted by Gasteiger charge is -2.15. The van der Waals surface area contributed by atoms with Gasteiger partial charge in [0, 0.05) is 0 Å². The number of alkyl halides is 5. The van der Waals surface area contributed by atoms with Crippen molar-refractivity contribution in [1.82, 2.24) is 0 Å². The molecule has 0 bridgehead atoms. The van der Waals surface area contributed by atoms with E-state index in [2.05, 4.69) is 9.47 Å². The summed E-state index contributed by atoms with van der Waals surface area (Å²) >= 11 is 0. The van der Waals surface area contributed by atoms with Crippen molar-refractivity contribution in [2.75, 3.05) is 0 Å². The van der Waals surface area contributed by atoms with Gasteiger partial charge in [0.25, 0.3) is 0 Å². The first kappa shape index (κ1) is 10.3. The van der Waals surface area contributed by atoms with E-state index in [1.165, 1.54) is 0 Å². The third kappa shape index (κ3) is 1.37. The fourth-order valence-corrected chi connectivity index (χ4v) is 0.613. The van der Waals surface area contributed by atoms with Gasteiger partial charge in [-0.05, 0) is 0 Å². The molecule has 1 aliphatic heterocycles. The number of carbonyl (C=O) groups excluding carboxylic acids is 1. The molecule has 1 saturated heterocycles. The maximum absolute atomic E-state index is 12.4. The minimum Gasteiger partial charge on any atom is -0.254 e. The molecule has 0 aliphatic carbocycles. The Bertz CT molecular complexity index is 252. The molecular weight excluding hydrogens is 210 g/mol. The van der Waals surface area contributed by atoms with Crippen LogP contribution in [0.25, 0.3) is 0 Å². The van der Waals surface area contributed by atoms with Crippen molar-refractivity contribution < 1.29 is 40.6 Å². The molecule has 1 rings (SSSR count). The summed E-state index contributed by atoms with van der Waals surface area (Å²) in [4.78, 5) is 9.61. The Morgan fingerprint density at radius 1 is 1.00 bits per heavy atom. The summed E-state index contributed by atoms with van der Waals surface area (Å²) in [5.41, 5.74) is 0. The Balaban J connectivity index is 3.07. The molecular formula is C4F6O3. The molecule has 1 unspecified atom stereocenters. The second kappa shape index (κ2) is 2.35. The fraction of sp³-hybridized carbons (Fsp3) is 0.750. The highest BCUT2D eigenvalue weighted by molar-refractivity contribution is 5.77. The zero-order valence-electron chi connectivity index (χ0n) is 5.49. The Morgan fingerprint density at radius 3 is 1.62 bits per heavy atom. The van der Waals surface area contributed by atoms with Crippen LogP contribution in [0.2, 0.25) is 0 Å². The highest BCUT2D eigenvalue weighted by atomic mass is 19.3. The lowest BCUT2D eigenvalue weighted by Crippen LogP contribution is -2.46. The zero-order chi connectivity index (χ0) is 10.5. The van der Waals surface area contributed by atoms with Crippen molar-refractivity contribution in [3.8, 4) is 0 Å². The van der Waals surface area contributed by atoms with E-state index in [9.17, 15) is 31.1 Å². The van der Waals surface area contributed by atoms with Crippen molar-refractivity contribution in [2.24, 2.45) is 0 Å². The Labute approximate surface area is 66.2 Å². The van der Waals surface area contributed by atoms with E-state index in [1.54, 1.807) is 0 Å². The first-order valence-electron chi connectivity index (χ1n) is 2.65. The number of halogens is 6. The summed E-state index contributed by atoms with van der Waals surface area (Å²) < 4.78 is 76.7. The first-order valence-corrected chi connectivity index (χ1v) is 2.65. The Hall–Kier alpha value is -0.830. The molecule has 0 amide bonds. The number of carbonyl (C=O) groups is 1. The first-order chi connectivity index (χ1) is 5.61. The van der Waals surface area contributed by atoms with E-state index >= 15 is 0 Å². The topological polar surface area (TPSA) is 35.5 Å². The standard InChI is InChI=1S/C4F6O3/c5-1(11)2(6)3(7,8)13-4(9,10)12-2. The quantitative estimate of drug-likeness (QED) is 0.483. The normalized spacial score (nSPS) is 36.2. The third-order valence-electron chi connectivity index (χ3n) is 1.13. The molecule has 1 heterocycles. The van der Waals surface area contributed by atoms with Crippen LogP contribution in [-0.2, 0) is 14.3 Å². The maximum atomic E-state index is 12.4. The second-order valence-corrected chi connectivity index (χ2v) is 2.05. The summed E-state index contributed by atoms with van der Waals surface area (Å²) in [5, 5.41) is 0. The highest BCUT2D eigenvalue weighted by Gasteiger charge is 2.77. The van der Waals surface area contributed by atoms with E-state index in [1.807, 2.05) is 0 Å². The van der Waals surface area contributed by atoms with Gasteiger partial charge in [0.15, 0.2) is 0 Å². The predicted octanol–water partition coefficient (Wildman–Crippen LogP) is 1.34. The number of ether oxygens (including phenoxy) is 2. The SMILES string of the molecule is O=C(F)C1(F)OC(F)(F)OC1(F)F. The van der Waals surface area contributed by atoms with Crippen LogP contribution in [0.3, 0.4) is 0 Å². The minimum atomic E-state index is -5.36. The van der Waals surface area contributed by atoms with Crippen LogP contribution in [0.1, 0.15) is 0 Å². The summed E-state index contributed by atoms with van der Waals surface area (Å²) in [6, 6.07) is -3.39. The summed E-state index contributed by atoms with van der Waals surface area (Å²) in [7, 11) is 0. The largest absolute Gasteiger partial charge is 0.493 e. The van der Waals surface area contributed by atoms with Gasteiger partial charge < -0.3 is 0 Å². The number of hydrogen-bond donors (Lipinski definition) is 0. The molecule has 0 aromatic rings. The lowest BCUT2D eigenvalue weighted by atomic mass is 10.3. The maximum Gasteiger partial charge on any atom is 0.493 e. The number of hydrogen-bond acceptors (Lipinski definition) is 3. The average molecular weight is 210 g/mol. The molecule has 1 aliphatic rings. The Morgan fingerprint density at radius 2 is 1.46 bits per heavy atom. The molecule has 0 radical (unpaired) electrons. The molecule has 0 saturated carbocycles. The molecule has 3 nitrogen and oxygen atoms in total. The van der Waals surface area contributed by atoms with Gasteiger partial charge in [0.05, 0.1) is 0 Å². The van der Waals surface area contributed by atoms with Crippen molar-refractivity contribution in [3.05, 3.63) is 0 Å². The average Bonchev–Trinajstić information content (AvgIpc) is 1.97. The van der Waals surface area contributed by atoms with Crippen LogP contribution in [0.15, 0.2) is 0 Å². The second-order valence-electron chi connectivity index (χ2n) is 2.05. The van der Waals surface area contributed by atoms with Crippen molar-refractivity contribution in [2.45, 2.75) is 18.3 Å². The van der Waals surface area contributed by atoms with E-state index in [0.29, 0.717) is 0 Å². The molecule has 0 N–H and O–H groups in total. The highest BCUT2D eigenvalue weighted by Crippen LogP contribution is 2.49. The third-order valence-corrected chi connectivity index (χ3v) is 1.13. The Kier molecular flexibility index (Phi) is 1.85. The van der Waals surface area contributed by atoms with Crippen molar-refractivity contribution in [3.63, 3.8) is 0 Å². The zero-order valence-corrected chi connectivity index (χ0v) is 5.49. The van der Waals surface area contributed by atoms with E-state index < -0.39 is 24.3 Å². The molecule has 0 aromatic carbocycles. The van der Waals surface area contributed by atoms with Crippen LogP contribution in [-0.4, -0.2) is 24.3 Å². The summed E-state index contributed by atoms with van der Waals surface area (Å²) in [6.07, 6.45) is -10.4. The smallest absolute Gasteiger partial charge is 0.254 e. The number of rotatable bonds is 1. The minimum absolute atomic E-state index is 2.39. The van der Waals surface area contributed by atoms with Gasteiger partial charge >= 0.3 is 24.3 Å². The van der Waals surface area contributed by atoms with E-state index in [-0.39, 0.29) is 0 Å². The van der Waals surface area contributed by atoms with Crippen molar-refractivity contribution >= 4 is 6.04 Å². The summed E-state index contributed by atoms with van der Waals surface area (Å²) in [5.74, 6) is -5.09. The van der Waals surface area contributed by atoms with Crippen LogP contribution in [0.5, 0.6) is 0 Å². The van der Waals surface area contributed by atoms with Gasteiger partial charge in [0.2, 0.25) is 0 Å². The fourth-order valence-electron chi connectivity index (χ4n) is 0.613. The summed E-state index contributed by atoms with van der Waals surface area (Å²) in [6.45, 7) is 0. The van der Waals surface area contributed by atoms with Gasteiger partial charge in [-0.25, -0.2) is 9.47 Å². The lowest BCUT2D eigenvalue weighted by molar-refractivity contribution is -0.386. The molecule has 9 heteroatoms. The van der Waals surface area contributed by atoms with Crippen LogP contribution in [0, 0.1) is 0 Å². The molecule has 0 spiro atoms. The van der Waals surface area contributed by atoms with Crippen molar-refractivity contribution in [1.29, 1.82) is 0 Å². The molecule has 1 atom stereocenters. The van der Waals surface area contributed by atoms with E-state index in [4.69, 9.17) is 0 Å². The van der Waals surface area contributed by atoms with Gasteiger partial charge in [-0.3, -0.25) is 4.79 Å². The van der Waals surface area contributed by atoms with Gasteiger partial charge in [-0.1, -0.05) is 0 Å². The van der Waals surface area contributed by atoms with Crippen LogP contribution >= 0.6 is 0 Å². The van der Waals surface area contributed by atoms with Gasteiger partial charge in [-0.2, -0.15) is 17.6 Å². The van der Waals surface area contributed by atoms with E-state index in [0.717, 1.165) is 0 Å². The van der Waals surface area contributed by atoms with Crippen LogP contribution in [0.4, 0.5) is 26.3 Å².